The molecule has 0 bridgehead atoms. The fourth-order valence-electron chi connectivity index (χ4n) is 5.63. The van der Waals surface area contributed by atoms with E-state index in [0.29, 0.717) is 51.5 Å². The van der Waals surface area contributed by atoms with Crippen molar-refractivity contribution in [1.29, 1.82) is 0 Å². The molecule has 0 radical (unpaired) electrons. The van der Waals surface area contributed by atoms with Crippen LogP contribution in [0, 0.1) is 0 Å². The molecule has 0 spiro atoms. The Morgan fingerprint density at radius 1 is 0.809 bits per heavy atom. The molecular weight excluding hydrogens is 602 g/mol. The highest BCUT2D eigenvalue weighted by Crippen LogP contribution is 2.44. The van der Waals surface area contributed by atoms with E-state index in [2.05, 4.69) is 34.7 Å². The number of rotatable bonds is 21. The maximum Gasteiger partial charge on any atom is 0.407 e. The van der Waals surface area contributed by atoms with Crippen LogP contribution < -0.4 is 16.0 Å². The number of carbonyl (C=O) groups is 5. The number of carbonyl (C=O) groups excluding carboxylic acids is 5. The smallest absolute Gasteiger partial charge is 0.407 e. The zero-order chi connectivity index (χ0) is 34.0. The van der Waals surface area contributed by atoms with E-state index in [9.17, 15) is 24.0 Å². The fourth-order valence-corrected chi connectivity index (χ4v) is 5.63. The lowest BCUT2D eigenvalue weighted by Gasteiger charge is -2.19. The monoisotopic (exact) mass is 649 g/mol. The minimum atomic E-state index is -0.921. The molecule has 0 saturated heterocycles. The third-order valence-corrected chi connectivity index (χ3v) is 8.17. The summed E-state index contributed by atoms with van der Waals surface area (Å²) >= 11 is 0. The van der Waals surface area contributed by atoms with Crippen LogP contribution in [0.3, 0.4) is 0 Å². The van der Waals surface area contributed by atoms with Crippen LogP contribution in [0.25, 0.3) is 11.1 Å². The molecule has 3 N–H and O–H groups in total. The minimum absolute atomic E-state index is 0.000543. The maximum atomic E-state index is 12.8. The number of ether oxygens (including phenoxy) is 3. The van der Waals surface area contributed by atoms with Crippen molar-refractivity contribution < 1.29 is 38.2 Å². The van der Waals surface area contributed by atoms with Crippen LogP contribution in [0.2, 0.25) is 0 Å². The van der Waals surface area contributed by atoms with E-state index >= 15 is 0 Å². The Morgan fingerprint density at radius 3 is 2.09 bits per heavy atom. The number of nitrogens with one attached hydrogen (secondary N) is 3. The van der Waals surface area contributed by atoms with Crippen LogP contribution >= 0.6 is 0 Å². The number of alkyl carbamates (subject to hydrolysis) is 1. The van der Waals surface area contributed by atoms with Gasteiger partial charge in [0.25, 0.3) is 0 Å². The molecule has 3 rings (SSSR count). The molecule has 2 atom stereocenters. The molecule has 0 fully saturated rings. The van der Waals surface area contributed by atoms with Crippen molar-refractivity contribution in [3.05, 3.63) is 72.3 Å². The summed E-state index contributed by atoms with van der Waals surface area (Å²) in [5, 5.41) is 8.34. The minimum Gasteiger partial charge on any atom is -0.468 e. The Balaban J connectivity index is 1.36. The number of amides is 2. The molecule has 0 aromatic heterocycles. The number of hydrogen-bond donors (Lipinski definition) is 3. The SMILES string of the molecule is C=CCOC(=O)[C@@H](CCCCNC(=O)CCC(=O)CCCC[C@@H](NC)C(=O)OC)NC(=O)OCC1c2ccccc2-c2ccccc21. The Kier molecular flexibility index (Phi) is 15.6. The van der Waals surface area contributed by atoms with Gasteiger partial charge < -0.3 is 30.2 Å². The van der Waals surface area contributed by atoms with Gasteiger partial charge in [0.05, 0.1) is 7.11 Å². The third-order valence-electron chi connectivity index (χ3n) is 8.17. The fraction of sp³-hybridized carbons (Fsp3) is 0.472. The van der Waals surface area contributed by atoms with Crippen molar-refractivity contribution in [1.82, 2.24) is 16.0 Å². The molecule has 0 saturated carbocycles. The molecule has 2 amide bonds. The van der Waals surface area contributed by atoms with Gasteiger partial charge in [0.1, 0.15) is 31.1 Å². The average molecular weight is 650 g/mol. The summed E-state index contributed by atoms with van der Waals surface area (Å²) < 4.78 is 15.5. The number of hydrogen-bond acceptors (Lipinski definition) is 9. The van der Waals surface area contributed by atoms with Crippen LogP contribution in [0.5, 0.6) is 0 Å². The molecule has 11 nitrogen and oxygen atoms in total. The highest BCUT2D eigenvalue weighted by Gasteiger charge is 2.30. The van der Waals surface area contributed by atoms with Gasteiger partial charge >= 0.3 is 18.0 Å². The third kappa shape index (κ3) is 11.7. The first-order chi connectivity index (χ1) is 22.8. The van der Waals surface area contributed by atoms with Crippen molar-refractivity contribution in [2.75, 3.05) is 33.9 Å². The van der Waals surface area contributed by atoms with E-state index in [1.165, 1.54) is 13.2 Å². The number of Topliss-reactive ketones (excluding diaryl/α,β-unsaturated/α-hetero) is 1. The lowest BCUT2D eigenvalue weighted by molar-refractivity contribution is -0.145. The molecule has 1 aliphatic carbocycles. The summed E-state index contributed by atoms with van der Waals surface area (Å²) in [7, 11) is 3.03. The first-order valence-electron chi connectivity index (χ1n) is 16.2. The van der Waals surface area contributed by atoms with E-state index in [-0.39, 0.29) is 49.6 Å². The van der Waals surface area contributed by atoms with Crippen molar-refractivity contribution >= 4 is 29.7 Å². The van der Waals surface area contributed by atoms with Crippen molar-refractivity contribution in [3.8, 4) is 11.1 Å². The van der Waals surface area contributed by atoms with Crippen LogP contribution in [0.1, 0.15) is 74.8 Å². The lowest BCUT2D eigenvalue weighted by Crippen LogP contribution is -2.42. The topological polar surface area (TPSA) is 149 Å². The highest BCUT2D eigenvalue weighted by molar-refractivity contribution is 5.85. The Morgan fingerprint density at radius 2 is 1.45 bits per heavy atom. The summed E-state index contributed by atoms with van der Waals surface area (Å²) in [5.41, 5.74) is 4.41. The number of fused-ring (bicyclic) bond motifs is 3. The summed E-state index contributed by atoms with van der Waals surface area (Å²) in [6.07, 6.45) is 4.62. The van der Waals surface area contributed by atoms with E-state index in [1.54, 1.807) is 7.05 Å². The first-order valence-corrected chi connectivity index (χ1v) is 16.2. The van der Waals surface area contributed by atoms with Crippen LogP contribution in [0.15, 0.2) is 61.2 Å². The Labute approximate surface area is 276 Å². The molecule has 0 aliphatic heterocycles. The number of benzene rings is 2. The van der Waals surface area contributed by atoms with E-state index in [0.717, 1.165) is 22.3 Å². The summed E-state index contributed by atoms with van der Waals surface area (Å²) in [6.45, 7) is 4.06. The zero-order valence-corrected chi connectivity index (χ0v) is 27.4. The largest absolute Gasteiger partial charge is 0.468 e. The van der Waals surface area contributed by atoms with Gasteiger partial charge in [0, 0.05) is 31.7 Å². The molecule has 0 unspecified atom stereocenters. The average Bonchev–Trinajstić information content (AvgIpc) is 3.41. The van der Waals surface area contributed by atoms with Gasteiger partial charge in [-0.3, -0.25) is 14.4 Å². The van der Waals surface area contributed by atoms with E-state index in [1.807, 2.05) is 36.4 Å². The first kappa shape index (κ1) is 37.0. The quantitative estimate of drug-likeness (QED) is 0.0765. The van der Waals surface area contributed by atoms with Gasteiger partial charge in [0.15, 0.2) is 0 Å². The number of likely N-dealkylation sites (N-methyl/N-ethyl adjacent to an activating group) is 1. The van der Waals surface area contributed by atoms with Gasteiger partial charge in [-0.15, -0.1) is 0 Å². The van der Waals surface area contributed by atoms with Crippen LogP contribution in [0.4, 0.5) is 4.79 Å². The molecular formula is C36H47N3O8. The number of methoxy groups -OCH3 is 1. The predicted molar refractivity (Wildman–Crippen MR) is 178 cm³/mol. The van der Waals surface area contributed by atoms with Gasteiger partial charge in [-0.05, 0) is 61.4 Å². The van der Waals surface area contributed by atoms with Gasteiger partial charge in [-0.2, -0.15) is 0 Å². The lowest BCUT2D eigenvalue weighted by atomic mass is 9.98. The zero-order valence-electron chi connectivity index (χ0n) is 27.4. The van der Waals surface area contributed by atoms with Crippen molar-refractivity contribution in [2.24, 2.45) is 0 Å². The van der Waals surface area contributed by atoms with Gasteiger partial charge in [-0.1, -0.05) is 67.6 Å². The van der Waals surface area contributed by atoms with Gasteiger partial charge in [0.2, 0.25) is 5.91 Å². The second kappa shape index (κ2) is 19.9. The molecule has 2 aromatic rings. The molecule has 2 aromatic carbocycles. The number of unbranched alkanes of at least 4 members (excludes halogenated alkanes) is 2. The Bertz CT molecular complexity index is 1330. The Hall–Kier alpha value is -4.51. The van der Waals surface area contributed by atoms with Crippen LogP contribution in [-0.2, 0) is 33.4 Å². The maximum absolute atomic E-state index is 12.8. The summed E-state index contributed by atoms with van der Waals surface area (Å²) in [4.78, 5) is 61.5. The second-order valence-electron chi connectivity index (χ2n) is 11.4. The molecule has 47 heavy (non-hydrogen) atoms. The molecule has 11 heteroatoms. The summed E-state index contributed by atoms with van der Waals surface area (Å²) in [5.74, 6) is -1.25. The van der Waals surface area contributed by atoms with Crippen LogP contribution in [-0.4, -0.2) is 75.7 Å². The normalized spacial score (nSPS) is 13.0. The van der Waals surface area contributed by atoms with Crippen molar-refractivity contribution in [2.45, 2.75) is 75.8 Å². The van der Waals surface area contributed by atoms with E-state index < -0.39 is 24.1 Å². The summed E-state index contributed by atoms with van der Waals surface area (Å²) in [6, 6.07) is 14.8. The van der Waals surface area contributed by atoms with Crippen molar-refractivity contribution in [3.63, 3.8) is 0 Å². The predicted octanol–water partition coefficient (Wildman–Crippen LogP) is 4.58. The standard InChI is InChI=1S/C36H47N3O8/c1-4-23-46-35(43)32(39-36(44)47-24-30-28-16-8-6-14-26(28)27-15-7-9-17-29(27)30)19-11-12-22-38-33(41)21-20-25(40)13-5-10-18-31(37-2)34(42)45-3/h4,6-9,14-17,30-32,37H,1,5,10-13,18-24H2,2-3H3,(H,38,41)(H,39,44)/t31-,32-/m1/s1. The number of esters is 2. The number of ketones is 1. The molecule has 1 aliphatic rings. The molecule has 254 valence electrons. The second-order valence-corrected chi connectivity index (χ2v) is 11.4. The highest BCUT2D eigenvalue weighted by atomic mass is 16.6. The molecule has 0 heterocycles. The van der Waals surface area contributed by atoms with E-state index in [4.69, 9.17) is 14.2 Å². The van der Waals surface area contributed by atoms with Gasteiger partial charge in [-0.25, -0.2) is 9.59 Å².